The monoisotopic (exact) mass is 398 g/mol. The summed E-state index contributed by atoms with van der Waals surface area (Å²) in [5.74, 6) is 1.88. The number of piperidine rings is 1. The van der Waals surface area contributed by atoms with Crippen LogP contribution in [0.1, 0.15) is 24.4 Å². The maximum atomic E-state index is 5.71. The molecular weight excluding hydrogens is 368 g/mol. The first-order chi connectivity index (χ1) is 13.6. The Hall–Kier alpha value is -1.96. The van der Waals surface area contributed by atoms with E-state index in [4.69, 9.17) is 15.7 Å². The summed E-state index contributed by atoms with van der Waals surface area (Å²) >= 11 is 1.70. The fraction of sp³-hybridized carbons (Fsp3) is 0.524. The van der Waals surface area contributed by atoms with Crippen molar-refractivity contribution in [2.24, 2.45) is 11.7 Å². The molecule has 2 aromatic heterocycles. The van der Waals surface area contributed by atoms with Gasteiger partial charge in [0.15, 0.2) is 5.13 Å². The van der Waals surface area contributed by atoms with E-state index in [1.807, 2.05) is 14.1 Å². The van der Waals surface area contributed by atoms with E-state index in [0.717, 1.165) is 55.5 Å². The Morgan fingerprint density at radius 3 is 2.68 bits per heavy atom. The Kier molecular flexibility index (Phi) is 5.94. The zero-order valence-corrected chi connectivity index (χ0v) is 17.7. The summed E-state index contributed by atoms with van der Waals surface area (Å²) in [6.45, 7) is 4.86. The standard InChI is InChI=1S/C21H30N6S/c1-25(2)21-23-17(15-28-21)14-27-19-6-4-3-5-18(19)24-20(27)13-16-7-10-26(11-8-16)12-9-22/h3-6,15-16H,7-14,22H2,1-2H3. The van der Waals surface area contributed by atoms with E-state index < -0.39 is 0 Å². The van der Waals surface area contributed by atoms with Crippen LogP contribution in [0, 0.1) is 5.92 Å². The third-order valence-corrected chi connectivity index (χ3v) is 6.66. The number of nitrogens with zero attached hydrogens (tertiary/aromatic N) is 5. The molecule has 0 aliphatic carbocycles. The van der Waals surface area contributed by atoms with Gasteiger partial charge >= 0.3 is 0 Å². The summed E-state index contributed by atoms with van der Waals surface area (Å²) in [5.41, 5.74) is 9.11. The molecular formula is C21H30N6S. The minimum absolute atomic E-state index is 0.692. The van der Waals surface area contributed by atoms with Gasteiger partial charge in [-0.05, 0) is 44.0 Å². The maximum absolute atomic E-state index is 5.71. The van der Waals surface area contributed by atoms with Crippen molar-refractivity contribution in [3.63, 3.8) is 0 Å². The van der Waals surface area contributed by atoms with E-state index in [1.54, 1.807) is 11.3 Å². The molecule has 3 aromatic rings. The number of hydrogen-bond acceptors (Lipinski definition) is 6. The SMILES string of the molecule is CN(C)c1nc(Cn2c(CC3CCN(CCN)CC3)nc3ccccc32)cs1. The average molecular weight is 399 g/mol. The molecule has 0 unspecified atom stereocenters. The number of imidazole rings is 1. The molecule has 1 aliphatic rings. The van der Waals surface area contributed by atoms with Gasteiger partial charge < -0.3 is 20.1 Å². The molecule has 0 radical (unpaired) electrons. The van der Waals surface area contributed by atoms with E-state index in [2.05, 4.69) is 44.0 Å². The smallest absolute Gasteiger partial charge is 0.185 e. The van der Waals surface area contributed by atoms with Crippen LogP contribution in [0.4, 0.5) is 5.13 Å². The van der Waals surface area contributed by atoms with Crippen molar-refractivity contribution < 1.29 is 0 Å². The van der Waals surface area contributed by atoms with E-state index in [0.29, 0.717) is 5.92 Å². The van der Waals surface area contributed by atoms with E-state index in [-0.39, 0.29) is 0 Å². The molecule has 1 aliphatic heterocycles. The van der Waals surface area contributed by atoms with E-state index >= 15 is 0 Å². The minimum Gasteiger partial charge on any atom is -0.354 e. The van der Waals surface area contributed by atoms with Crippen molar-refractivity contribution in [1.82, 2.24) is 19.4 Å². The number of thiazole rings is 1. The molecule has 1 fully saturated rings. The van der Waals surface area contributed by atoms with Gasteiger partial charge in [0.05, 0.1) is 23.3 Å². The van der Waals surface area contributed by atoms with Gasteiger partial charge in [-0.25, -0.2) is 9.97 Å². The zero-order chi connectivity index (χ0) is 19.5. The van der Waals surface area contributed by atoms with E-state index in [1.165, 1.54) is 24.2 Å². The summed E-state index contributed by atoms with van der Waals surface area (Å²) in [4.78, 5) is 14.3. The van der Waals surface area contributed by atoms with E-state index in [9.17, 15) is 0 Å². The molecule has 150 valence electrons. The summed E-state index contributed by atoms with van der Waals surface area (Å²) < 4.78 is 2.37. The fourth-order valence-corrected chi connectivity index (χ4v) is 4.80. The summed E-state index contributed by atoms with van der Waals surface area (Å²) in [5, 5.41) is 3.22. The van der Waals surface area contributed by atoms with Crippen LogP contribution < -0.4 is 10.6 Å². The molecule has 0 spiro atoms. The number of aromatic nitrogens is 3. The molecule has 7 heteroatoms. The molecule has 0 saturated carbocycles. The first kappa shape index (κ1) is 19.4. The van der Waals surface area contributed by atoms with Gasteiger partial charge in [-0.1, -0.05) is 12.1 Å². The molecule has 1 saturated heterocycles. The second kappa shape index (κ2) is 8.59. The predicted octanol–water partition coefficient (Wildman–Crippen LogP) is 2.82. The van der Waals surface area contributed by atoms with Crippen molar-refractivity contribution in [3.8, 4) is 0 Å². The molecule has 0 bridgehead atoms. The highest BCUT2D eigenvalue weighted by atomic mass is 32.1. The molecule has 4 rings (SSSR count). The van der Waals surface area contributed by atoms with Gasteiger partial charge in [0, 0.05) is 39.0 Å². The quantitative estimate of drug-likeness (QED) is 0.663. The van der Waals surface area contributed by atoms with Gasteiger partial charge in [0.1, 0.15) is 5.82 Å². The average Bonchev–Trinajstić information content (AvgIpc) is 3.30. The lowest BCUT2D eigenvalue weighted by molar-refractivity contribution is 0.186. The maximum Gasteiger partial charge on any atom is 0.185 e. The molecule has 0 atom stereocenters. The van der Waals surface area contributed by atoms with Crippen LogP contribution in [0.15, 0.2) is 29.6 Å². The largest absolute Gasteiger partial charge is 0.354 e. The second-order valence-electron chi connectivity index (χ2n) is 7.90. The number of rotatable bonds is 7. The Labute approximate surface area is 171 Å². The number of hydrogen-bond donors (Lipinski definition) is 1. The summed E-state index contributed by atoms with van der Waals surface area (Å²) in [6.07, 6.45) is 3.49. The zero-order valence-electron chi connectivity index (χ0n) is 16.8. The first-order valence-electron chi connectivity index (χ1n) is 10.1. The predicted molar refractivity (Wildman–Crippen MR) is 117 cm³/mol. The summed E-state index contributed by atoms with van der Waals surface area (Å²) in [7, 11) is 4.08. The van der Waals surface area contributed by atoms with Crippen molar-refractivity contribution in [2.75, 3.05) is 45.2 Å². The molecule has 3 heterocycles. The normalized spacial score (nSPS) is 16.1. The van der Waals surface area contributed by atoms with Crippen molar-refractivity contribution in [3.05, 3.63) is 41.2 Å². The van der Waals surface area contributed by atoms with Crippen LogP contribution in [0.2, 0.25) is 0 Å². The third-order valence-electron chi connectivity index (χ3n) is 5.60. The number of benzene rings is 1. The molecule has 2 N–H and O–H groups in total. The number of likely N-dealkylation sites (tertiary alicyclic amines) is 1. The molecule has 1 aromatic carbocycles. The number of nitrogens with two attached hydrogens (primary N) is 1. The van der Waals surface area contributed by atoms with Crippen LogP contribution in [0.5, 0.6) is 0 Å². The first-order valence-corrected chi connectivity index (χ1v) is 11.0. The fourth-order valence-electron chi connectivity index (χ4n) is 4.05. The van der Waals surface area contributed by atoms with Crippen molar-refractivity contribution >= 4 is 27.5 Å². The topological polar surface area (TPSA) is 63.2 Å². The van der Waals surface area contributed by atoms with Crippen LogP contribution >= 0.6 is 11.3 Å². The van der Waals surface area contributed by atoms with Crippen LogP contribution in [0.3, 0.4) is 0 Å². The van der Waals surface area contributed by atoms with Gasteiger partial charge in [-0.3, -0.25) is 0 Å². The van der Waals surface area contributed by atoms with Crippen molar-refractivity contribution in [1.29, 1.82) is 0 Å². The Morgan fingerprint density at radius 2 is 1.96 bits per heavy atom. The minimum atomic E-state index is 0.692. The lowest BCUT2D eigenvalue weighted by Crippen LogP contribution is -2.37. The number of anilines is 1. The lowest BCUT2D eigenvalue weighted by Gasteiger charge is -2.31. The molecule has 0 amide bonds. The number of fused-ring (bicyclic) bond motifs is 1. The van der Waals surface area contributed by atoms with Gasteiger partial charge in [0.2, 0.25) is 0 Å². The number of para-hydroxylation sites is 2. The Bertz CT molecular complexity index is 907. The summed E-state index contributed by atoms with van der Waals surface area (Å²) in [6, 6.07) is 8.46. The van der Waals surface area contributed by atoms with Gasteiger partial charge in [0.25, 0.3) is 0 Å². The van der Waals surface area contributed by atoms with Crippen LogP contribution in [-0.2, 0) is 13.0 Å². The van der Waals surface area contributed by atoms with Crippen LogP contribution in [-0.4, -0.2) is 59.7 Å². The van der Waals surface area contributed by atoms with Crippen LogP contribution in [0.25, 0.3) is 11.0 Å². The third kappa shape index (κ3) is 4.21. The Balaban J connectivity index is 1.55. The molecule has 6 nitrogen and oxygen atoms in total. The second-order valence-corrected chi connectivity index (χ2v) is 8.73. The van der Waals surface area contributed by atoms with Gasteiger partial charge in [-0.15, -0.1) is 11.3 Å². The molecule has 28 heavy (non-hydrogen) atoms. The Morgan fingerprint density at radius 1 is 1.18 bits per heavy atom. The lowest BCUT2D eigenvalue weighted by atomic mass is 9.93. The highest BCUT2D eigenvalue weighted by Crippen LogP contribution is 2.26. The van der Waals surface area contributed by atoms with Crippen molar-refractivity contribution in [2.45, 2.75) is 25.8 Å². The van der Waals surface area contributed by atoms with Gasteiger partial charge in [-0.2, -0.15) is 0 Å². The highest BCUT2D eigenvalue weighted by molar-refractivity contribution is 7.13. The highest BCUT2D eigenvalue weighted by Gasteiger charge is 2.22.